The van der Waals surface area contributed by atoms with E-state index in [1.807, 2.05) is 19.2 Å². The fourth-order valence-corrected chi connectivity index (χ4v) is 4.16. The van der Waals surface area contributed by atoms with Crippen LogP contribution in [-0.4, -0.2) is 45.6 Å². The molecule has 1 saturated heterocycles. The summed E-state index contributed by atoms with van der Waals surface area (Å²) in [7, 11) is 3.19. The molecule has 0 radical (unpaired) electrons. The topological polar surface area (TPSA) is 69.5 Å². The Hall–Kier alpha value is -2.97. The number of rotatable bonds is 7. The van der Waals surface area contributed by atoms with E-state index in [-0.39, 0.29) is 12.6 Å². The van der Waals surface area contributed by atoms with E-state index in [1.54, 1.807) is 29.0 Å². The molecular formula is C24H26ClFN4O3. The standard InChI is InChI=1S/C24H26ClFN4O3/c1-29-21(24(31)32-2)13-27-22(29)14-30-10-8-16(9-11-30)20-4-3-5-23(28-20)33-15-17-6-7-18(25)12-19(17)26/h3-7,12-13,16H,8-11,14-15H2,1-2H3. The van der Waals surface area contributed by atoms with E-state index < -0.39 is 5.82 Å². The number of esters is 1. The molecule has 7 nitrogen and oxygen atoms in total. The highest BCUT2D eigenvalue weighted by Gasteiger charge is 2.24. The van der Waals surface area contributed by atoms with Crippen LogP contribution in [0.2, 0.25) is 5.02 Å². The molecule has 0 aliphatic carbocycles. The Kier molecular flexibility index (Phi) is 7.25. The van der Waals surface area contributed by atoms with Crippen LogP contribution >= 0.6 is 11.6 Å². The Morgan fingerprint density at radius 3 is 2.76 bits per heavy atom. The van der Waals surface area contributed by atoms with Crippen LogP contribution in [0.3, 0.4) is 0 Å². The van der Waals surface area contributed by atoms with Crippen molar-refractivity contribution in [2.75, 3.05) is 20.2 Å². The largest absolute Gasteiger partial charge is 0.473 e. The highest BCUT2D eigenvalue weighted by molar-refractivity contribution is 6.30. The molecule has 1 aliphatic rings. The molecule has 0 bridgehead atoms. The van der Waals surface area contributed by atoms with Crippen molar-refractivity contribution in [2.24, 2.45) is 7.05 Å². The van der Waals surface area contributed by atoms with Crippen molar-refractivity contribution in [2.45, 2.75) is 31.9 Å². The van der Waals surface area contributed by atoms with E-state index in [4.69, 9.17) is 21.1 Å². The van der Waals surface area contributed by atoms with Gasteiger partial charge in [0.1, 0.15) is 23.9 Å². The number of imidazole rings is 1. The third-order valence-corrected chi connectivity index (χ3v) is 6.22. The molecule has 3 aromatic rings. The monoisotopic (exact) mass is 472 g/mol. The lowest BCUT2D eigenvalue weighted by molar-refractivity contribution is 0.0589. The second kappa shape index (κ2) is 10.3. The maximum absolute atomic E-state index is 14.0. The van der Waals surface area contributed by atoms with Gasteiger partial charge in [0.15, 0.2) is 0 Å². The van der Waals surface area contributed by atoms with Gasteiger partial charge in [-0.05, 0) is 44.1 Å². The Bertz CT molecular complexity index is 1130. The smallest absolute Gasteiger partial charge is 0.356 e. The van der Waals surface area contributed by atoms with Crippen LogP contribution in [0.1, 0.15) is 46.3 Å². The number of hydrogen-bond donors (Lipinski definition) is 0. The third kappa shape index (κ3) is 5.51. The molecule has 2 aromatic heterocycles. The van der Waals surface area contributed by atoms with Crippen LogP contribution in [0, 0.1) is 5.82 Å². The molecule has 0 atom stereocenters. The van der Waals surface area contributed by atoms with Crippen molar-refractivity contribution in [1.29, 1.82) is 0 Å². The molecule has 33 heavy (non-hydrogen) atoms. The highest BCUT2D eigenvalue weighted by atomic mass is 35.5. The molecule has 4 rings (SSSR count). The second-order valence-electron chi connectivity index (χ2n) is 8.09. The van der Waals surface area contributed by atoms with E-state index in [0.717, 1.165) is 37.4 Å². The van der Waals surface area contributed by atoms with E-state index in [9.17, 15) is 9.18 Å². The summed E-state index contributed by atoms with van der Waals surface area (Å²) in [6, 6.07) is 10.3. The van der Waals surface area contributed by atoms with Gasteiger partial charge in [0, 0.05) is 35.3 Å². The third-order valence-electron chi connectivity index (χ3n) is 5.99. The minimum atomic E-state index is -0.391. The number of pyridine rings is 1. The van der Waals surface area contributed by atoms with E-state index >= 15 is 0 Å². The molecule has 0 spiro atoms. The van der Waals surface area contributed by atoms with Crippen molar-refractivity contribution in [3.63, 3.8) is 0 Å². The number of aromatic nitrogens is 3. The lowest BCUT2D eigenvalue weighted by Crippen LogP contribution is -2.33. The number of benzene rings is 1. The van der Waals surface area contributed by atoms with Crippen LogP contribution in [0.15, 0.2) is 42.6 Å². The zero-order valence-corrected chi connectivity index (χ0v) is 19.4. The van der Waals surface area contributed by atoms with Gasteiger partial charge in [-0.2, -0.15) is 0 Å². The number of piperidine rings is 1. The van der Waals surface area contributed by atoms with Crippen molar-refractivity contribution in [3.05, 3.63) is 76.2 Å². The van der Waals surface area contributed by atoms with Gasteiger partial charge >= 0.3 is 5.97 Å². The Labute approximate surface area is 197 Å². The zero-order chi connectivity index (χ0) is 23.4. The summed E-state index contributed by atoms with van der Waals surface area (Å²) in [6.45, 7) is 2.56. The molecule has 0 amide bonds. The van der Waals surface area contributed by atoms with Crippen molar-refractivity contribution < 1.29 is 18.7 Å². The number of carbonyl (C=O) groups is 1. The minimum absolute atomic E-state index is 0.0924. The summed E-state index contributed by atoms with van der Waals surface area (Å²) in [6.07, 6.45) is 3.46. The molecule has 174 valence electrons. The van der Waals surface area contributed by atoms with E-state index in [1.165, 1.54) is 13.2 Å². The number of likely N-dealkylation sites (tertiary alicyclic amines) is 1. The number of hydrogen-bond acceptors (Lipinski definition) is 6. The lowest BCUT2D eigenvalue weighted by atomic mass is 9.93. The van der Waals surface area contributed by atoms with Crippen LogP contribution in [0.4, 0.5) is 4.39 Å². The normalized spacial score (nSPS) is 14.9. The predicted octanol–water partition coefficient (Wildman–Crippen LogP) is 4.35. The van der Waals surface area contributed by atoms with Crippen molar-refractivity contribution >= 4 is 17.6 Å². The van der Waals surface area contributed by atoms with E-state index in [2.05, 4.69) is 14.9 Å². The van der Waals surface area contributed by atoms with Crippen LogP contribution in [0.25, 0.3) is 0 Å². The summed E-state index contributed by atoms with van der Waals surface area (Å²) in [5, 5.41) is 0.356. The summed E-state index contributed by atoms with van der Waals surface area (Å²) < 4.78 is 26.3. The number of nitrogens with zero attached hydrogens (tertiary/aromatic N) is 4. The minimum Gasteiger partial charge on any atom is -0.473 e. The molecule has 1 fully saturated rings. The summed E-state index contributed by atoms with van der Waals surface area (Å²) in [4.78, 5) is 23.1. The Balaban J connectivity index is 1.32. The lowest BCUT2D eigenvalue weighted by Gasteiger charge is -2.31. The molecule has 0 N–H and O–H groups in total. The van der Waals surface area contributed by atoms with Crippen LogP contribution in [-0.2, 0) is 24.9 Å². The SMILES string of the molecule is COC(=O)c1cnc(CN2CCC(c3cccc(OCc4ccc(Cl)cc4F)n3)CC2)n1C. The molecule has 3 heterocycles. The maximum Gasteiger partial charge on any atom is 0.356 e. The van der Waals surface area contributed by atoms with Gasteiger partial charge in [-0.1, -0.05) is 23.7 Å². The van der Waals surface area contributed by atoms with Gasteiger partial charge < -0.3 is 14.0 Å². The molecular weight excluding hydrogens is 447 g/mol. The average molecular weight is 473 g/mol. The zero-order valence-electron chi connectivity index (χ0n) is 18.6. The van der Waals surface area contributed by atoms with Gasteiger partial charge in [0.05, 0.1) is 19.9 Å². The van der Waals surface area contributed by atoms with Gasteiger partial charge in [-0.15, -0.1) is 0 Å². The van der Waals surface area contributed by atoms with Gasteiger partial charge in [0.25, 0.3) is 0 Å². The van der Waals surface area contributed by atoms with Crippen molar-refractivity contribution in [3.8, 4) is 5.88 Å². The first-order valence-electron chi connectivity index (χ1n) is 10.8. The number of ether oxygens (including phenoxy) is 2. The summed E-state index contributed by atoms with van der Waals surface area (Å²) in [5.41, 5.74) is 1.86. The number of halogens is 2. The number of carbonyl (C=O) groups excluding carboxylic acids is 1. The predicted molar refractivity (Wildman–Crippen MR) is 122 cm³/mol. The van der Waals surface area contributed by atoms with Crippen LogP contribution < -0.4 is 4.74 Å². The molecule has 9 heteroatoms. The summed E-state index contributed by atoms with van der Waals surface area (Å²) >= 11 is 5.80. The maximum atomic E-state index is 14.0. The van der Waals surface area contributed by atoms with Gasteiger partial charge in [-0.3, -0.25) is 4.90 Å². The number of methoxy groups -OCH3 is 1. The van der Waals surface area contributed by atoms with Gasteiger partial charge in [0.2, 0.25) is 5.88 Å². The molecule has 1 aromatic carbocycles. The molecule has 0 unspecified atom stereocenters. The van der Waals surface area contributed by atoms with Crippen molar-refractivity contribution in [1.82, 2.24) is 19.4 Å². The van der Waals surface area contributed by atoms with Gasteiger partial charge in [-0.25, -0.2) is 19.2 Å². The quantitative estimate of drug-likeness (QED) is 0.476. The first kappa shape index (κ1) is 23.2. The fraction of sp³-hybridized carbons (Fsp3) is 0.375. The Morgan fingerprint density at radius 2 is 2.03 bits per heavy atom. The van der Waals surface area contributed by atoms with E-state index in [0.29, 0.717) is 34.6 Å². The first-order chi connectivity index (χ1) is 15.9. The average Bonchev–Trinajstić information content (AvgIpc) is 3.18. The summed E-state index contributed by atoms with van der Waals surface area (Å²) in [5.74, 6) is 0.855. The van der Waals surface area contributed by atoms with Crippen LogP contribution in [0.5, 0.6) is 5.88 Å². The first-order valence-corrected chi connectivity index (χ1v) is 11.2. The molecule has 1 aliphatic heterocycles. The fourth-order valence-electron chi connectivity index (χ4n) is 4.00. The second-order valence-corrected chi connectivity index (χ2v) is 8.52. The molecule has 0 saturated carbocycles. The highest BCUT2D eigenvalue weighted by Crippen LogP contribution is 2.29. The Morgan fingerprint density at radius 1 is 1.24 bits per heavy atom.